The first-order chi connectivity index (χ1) is 9.10. The molecule has 0 radical (unpaired) electrons. The highest BCUT2D eigenvalue weighted by atomic mass is 16.6. The molecule has 0 aliphatic heterocycles. The van der Waals surface area contributed by atoms with E-state index in [0.29, 0.717) is 18.3 Å². The predicted molar refractivity (Wildman–Crippen MR) is 73.7 cm³/mol. The molecule has 1 aromatic heterocycles. The Bertz CT molecular complexity index is 465. The Kier molecular flexibility index (Phi) is 4.16. The molecule has 1 aromatic rings. The van der Waals surface area contributed by atoms with Gasteiger partial charge in [0.1, 0.15) is 5.82 Å². The zero-order valence-electron chi connectivity index (χ0n) is 10.9. The summed E-state index contributed by atoms with van der Waals surface area (Å²) in [5.74, 6) is 7.26. The average Bonchev–Trinajstić information content (AvgIpc) is 2.81. The van der Waals surface area contributed by atoms with Crippen LogP contribution in [0.1, 0.15) is 26.2 Å². The van der Waals surface area contributed by atoms with Crippen molar-refractivity contribution in [1.82, 2.24) is 4.98 Å². The second-order valence-corrected chi connectivity index (χ2v) is 5.13. The molecule has 7 heteroatoms. The van der Waals surface area contributed by atoms with Gasteiger partial charge in [0.25, 0.3) is 0 Å². The molecule has 104 valence electrons. The Hall–Kier alpha value is -1.89. The van der Waals surface area contributed by atoms with Crippen molar-refractivity contribution in [1.29, 1.82) is 0 Å². The molecule has 0 bridgehead atoms. The summed E-state index contributed by atoms with van der Waals surface area (Å²) in [6.07, 6.45) is 3.55. The average molecular weight is 265 g/mol. The van der Waals surface area contributed by atoms with Crippen LogP contribution in [0.4, 0.5) is 17.3 Å². The van der Waals surface area contributed by atoms with Crippen LogP contribution in [0, 0.1) is 22.0 Å². The van der Waals surface area contributed by atoms with Crippen LogP contribution < -0.4 is 16.6 Å². The summed E-state index contributed by atoms with van der Waals surface area (Å²) < 4.78 is 0. The lowest BCUT2D eigenvalue weighted by Crippen LogP contribution is -2.15. The highest BCUT2D eigenvalue weighted by Crippen LogP contribution is 2.31. The summed E-state index contributed by atoms with van der Waals surface area (Å²) >= 11 is 0. The number of nitrogens with two attached hydrogens (primary N) is 1. The Morgan fingerprint density at radius 2 is 2.32 bits per heavy atom. The van der Waals surface area contributed by atoms with Crippen LogP contribution >= 0.6 is 0 Å². The number of nitrogen functional groups attached to an aromatic ring is 1. The second kappa shape index (κ2) is 5.83. The molecule has 4 N–H and O–H groups in total. The van der Waals surface area contributed by atoms with Gasteiger partial charge in [-0.2, -0.15) is 0 Å². The summed E-state index contributed by atoms with van der Waals surface area (Å²) in [4.78, 5) is 14.6. The number of nitro groups is 1. The van der Waals surface area contributed by atoms with Gasteiger partial charge in [-0.25, -0.2) is 10.8 Å². The third kappa shape index (κ3) is 3.31. The highest BCUT2D eigenvalue weighted by molar-refractivity contribution is 5.59. The molecule has 1 fully saturated rings. The first-order valence-electron chi connectivity index (χ1n) is 6.46. The quantitative estimate of drug-likeness (QED) is 0.428. The molecule has 7 nitrogen and oxygen atoms in total. The van der Waals surface area contributed by atoms with Gasteiger partial charge in [0, 0.05) is 12.6 Å². The zero-order valence-corrected chi connectivity index (χ0v) is 10.9. The fraction of sp³-hybridized carbons (Fsp3) is 0.583. The number of anilines is 2. The standard InChI is InChI=1S/C12H19N5O2/c1-8-2-3-9(6-8)7-14-12-10(17(18)19)4-5-11(15-12)16-13/h4-5,8-9H,2-3,6-7,13H2,1H3,(H2,14,15,16). The third-order valence-electron chi connectivity index (χ3n) is 3.58. The number of hydrogen-bond donors (Lipinski definition) is 3. The van der Waals surface area contributed by atoms with E-state index in [1.807, 2.05) is 0 Å². The molecule has 1 aliphatic rings. The van der Waals surface area contributed by atoms with Crippen molar-refractivity contribution in [3.63, 3.8) is 0 Å². The fourth-order valence-corrected chi connectivity index (χ4v) is 2.56. The lowest BCUT2D eigenvalue weighted by Gasteiger charge is -2.12. The maximum Gasteiger partial charge on any atom is 0.311 e. The number of aromatic nitrogens is 1. The summed E-state index contributed by atoms with van der Waals surface area (Å²) in [6, 6.07) is 2.89. The Balaban J connectivity index is 2.06. The van der Waals surface area contributed by atoms with Crippen molar-refractivity contribution in [3.8, 4) is 0 Å². The summed E-state index contributed by atoms with van der Waals surface area (Å²) in [5.41, 5.74) is 2.37. The van der Waals surface area contributed by atoms with Gasteiger partial charge in [-0.3, -0.25) is 10.1 Å². The van der Waals surface area contributed by atoms with Crippen molar-refractivity contribution in [2.75, 3.05) is 17.3 Å². The Labute approximate surface area is 111 Å². The van der Waals surface area contributed by atoms with E-state index in [4.69, 9.17) is 5.84 Å². The molecule has 2 rings (SSSR count). The molecule has 0 aromatic carbocycles. The summed E-state index contributed by atoms with van der Waals surface area (Å²) in [6.45, 7) is 2.95. The molecular weight excluding hydrogens is 246 g/mol. The Morgan fingerprint density at radius 1 is 1.53 bits per heavy atom. The largest absolute Gasteiger partial charge is 0.364 e. The lowest BCUT2D eigenvalue weighted by atomic mass is 10.1. The molecule has 0 amide bonds. The lowest BCUT2D eigenvalue weighted by molar-refractivity contribution is -0.384. The van der Waals surface area contributed by atoms with Crippen LogP contribution in [-0.4, -0.2) is 16.5 Å². The number of pyridine rings is 1. The van der Waals surface area contributed by atoms with Crippen LogP contribution in [0.5, 0.6) is 0 Å². The van der Waals surface area contributed by atoms with Crippen LogP contribution in [0.2, 0.25) is 0 Å². The van der Waals surface area contributed by atoms with Gasteiger partial charge in [-0.15, -0.1) is 0 Å². The van der Waals surface area contributed by atoms with E-state index < -0.39 is 4.92 Å². The minimum absolute atomic E-state index is 0.0231. The van der Waals surface area contributed by atoms with Gasteiger partial charge in [-0.05, 0) is 30.7 Å². The normalized spacial score (nSPS) is 22.2. The molecule has 0 saturated heterocycles. The molecule has 1 saturated carbocycles. The molecule has 0 spiro atoms. The number of rotatable bonds is 5. The summed E-state index contributed by atoms with van der Waals surface area (Å²) in [7, 11) is 0. The van der Waals surface area contributed by atoms with E-state index in [0.717, 1.165) is 18.8 Å². The van der Waals surface area contributed by atoms with Gasteiger partial charge < -0.3 is 10.7 Å². The van der Waals surface area contributed by atoms with Crippen molar-refractivity contribution < 1.29 is 4.92 Å². The molecule has 2 unspecified atom stereocenters. The van der Waals surface area contributed by atoms with E-state index in [9.17, 15) is 10.1 Å². The first-order valence-corrected chi connectivity index (χ1v) is 6.46. The van der Waals surface area contributed by atoms with Crippen LogP contribution in [0.25, 0.3) is 0 Å². The predicted octanol–water partition coefficient (Wildman–Crippen LogP) is 2.12. The van der Waals surface area contributed by atoms with E-state index >= 15 is 0 Å². The van der Waals surface area contributed by atoms with Crippen molar-refractivity contribution in [2.24, 2.45) is 17.7 Å². The molecule has 1 heterocycles. The fourth-order valence-electron chi connectivity index (χ4n) is 2.56. The monoisotopic (exact) mass is 265 g/mol. The van der Waals surface area contributed by atoms with Crippen molar-refractivity contribution in [3.05, 3.63) is 22.2 Å². The molecule has 19 heavy (non-hydrogen) atoms. The van der Waals surface area contributed by atoms with Crippen LogP contribution in [0.3, 0.4) is 0 Å². The minimum Gasteiger partial charge on any atom is -0.364 e. The number of hydrogen-bond acceptors (Lipinski definition) is 6. The van der Waals surface area contributed by atoms with E-state index in [2.05, 4.69) is 22.7 Å². The summed E-state index contributed by atoms with van der Waals surface area (Å²) in [5, 5.41) is 14.0. The van der Waals surface area contributed by atoms with E-state index in [1.165, 1.54) is 18.6 Å². The third-order valence-corrected chi connectivity index (χ3v) is 3.58. The zero-order chi connectivity index (χ0) is 13.8. The SMILES string of the molecule is CC1CCC(CNc2nc(NN)ccc2[N+](=O)[O-])C1. The van der Waals surface area contributed by atoms with Crippen molar-refractivity contribution >= 4 is 17.3 Å². The number of hydrazine groups is 1. The Morgan fingerprint density at radius 3 is 2.89 bits per heavy atom. The number of nitrogens with zero attached hydrogens (tertiary/aromatic N) is 2. The highest BCUT2D eigenvalue weighted by Gasteiger charge is 2.23. The van der Waals surface area contributed by atoms with Crippen LogP contribution in [-0.2, 0) is 0 Å². The van der Waals surface area contributed by atoms with E-state index in [-0.39, 0.29) is 11.5 Å². The van der Waals surface area contributed by atoms with Gasteiger partial charge in [0.05, 0.1) is 4.92 Å². The van der Waals surface area contributed by atoms with Gasteiger partial charge in [0.15, 0.2) is 0 Å². The van der Waals surface area contributed by atoms with Gasteiger partial charge >= 0.3 is 5.69 Å². The number of nitrogens with one attached hydrogen (secondary N) is 2. The maximum atomic E-state index is 10.9. The molecule has 2 atom stereocenters. The second-order valence-electron chi connectivity index (χ2n) is 5.13. The molecular formula is C12H19N5O2. The first kappa shape index (κ1) is 13.5. The van der Waals surface area contributed by atoms with E-state index in [1.54, 1.807) is 0 Å². The van der Waals surface area contributed by atoms with Crippen molar-refractivity contribution in [2.45, 2.75) is 26.2 Å². The van der Waals surface area contributed by atoms with Gasteiger partial charge in [0.2, 0.25) is 5.82 Å². The maximum absolute atomic E-state index is 10.9. The topological polar surface area (TPSA) is 106 Å². The molecule has 1 aliphatic carbocycles. The van der Waals surface area contributed by atoms with Gasteiger partial charge in [-0.1, -0.05) is 13.3 Å². The van der Waals surface area contributed by atoms with Crippen LogP contribution in [0.15, 0.2) is 12.1 Å². The smallest absolute Gasteiger partial charge is 0.311 e. The minimum atomic E-state index is -0.438.